The second-order valence-corrected chi connectivity index (χ2v) is 5.46. The first-order valence-electron chi connectivity index (χ1n) is 9.63. The molecule has 0 aliphatic carbocycles. The van der Waals surface area contributed by atoms with Gasteiger partial charge in [-0.25, -0.2) is 12.1 Å². The molecule has 0 heterocycles. The molecule has 146 valence electrons. The van der Waals surface area contributed by atoms with Crippen molar-refractivity contribution in [3.8, 4) is 0 Å². The average Bonchev–Trinajstić information content (AvgIpc) is 3.04. The zero-order valence-corrected chi connectivity index (χ0v) is 19.7. The van der Waals surface area contributed by atoms with Crippen molar-refractivity contribution < 1.29 is 21.7 Å². The molecule has 3 nitrogen and oxygen atoms in total. The molecular formula is C21H43N3Ti. The molecule has 0 amide bonds. The van der Waals surface area contributed by atoms with Crippen LogP contribution in [0.2, 0.25) is 0 Å². The largest absolute Gasteiger partial charge is 4.00 e. The van der Waals surface area contributed by atoms with Crippen LogP contribution in [0.1, 0.15) is 61.0 Å². The Hall–Kier alpha value is -0.0557. The van der Waals surface area contributed by atoms with E-state index in [1.54, 1.807) is 0 Å². The van der Waals surface area contributed by atoms with Crippen LogP contribution in [0, 0.1) is 5.92 Å². The first-order chi connectivity index (χ1) is 11.5. The van der Waals surface area contributed by atoms with Crippen LogP contribution in [-0.2, 0) is 28.1 Å². The van der Waals surface area contributed by atoms with E-state index in [9.17, 15) is 0 Å². The summed E-state index contributed by atoms with van der Waals surface area (Å²) in [6, 6.07) is 8.55. The van der Waals surface area contributed by atoms with Crippen molar-refractivity contribution in [2.24, 2.45) is 5.92 Å². The molecule has 0 fully saturated rings. The van der Waals surface area contributed by atoms with E-state index in [1.807, 2.05) is 41.5 Å². The Bertz CT molecular complexity index is 254. The fourth-order valence-corrected chi connectivity index (χ4v) is 1.69. The van der Waals surface area contributed by atoms with Gasteiger partial charge in [-0.05, 0) is 0 Å². The van der Waals surface area contributed by atoms with Gasteiger partial charge in [0.05, 0.1) is 0 Å². The predicted molar refractivity (Wildman–Crippen MR) is 114 cm³/mol. The van der Waals surface area contributed by atoms with Crippen molar-refractivity contribution in [1.82, 2.24) is 0 Å². The normalized spacial score (nSPS) is 8.84. The van der Waals surface area contributed by atoms with Crippen molar-refractivity contribution in [1.29, 1.82) is 0 Å². The minimum Gasteiger partial charge on any atom is -0.663 e. The van der Waals surface area contributed by atoms with Gasteiger partial charge in [-0.1, -0.05) is 67.7 Å². The van der Waals surface area contributed by atoms with E-state index in [-0.39, 0.29) is 21.7 Å². The fraction of sp³-hybridized carbons (Fsp3) is 0.762. The first-order valence-corrected chi connectivity index (χ1v) is 9.63. The van der Waals surface area contributed by atoms with E-state index in [0.29, 0.717) is 0 Å². The summed E-state index contributed by atoms with van der Waals surface area (Å²) in [4.78, 5) is 0. The summed E-state index contributed by atoms with van der Waals surface area (Å²) in [6.45, 7) is 22.6. The molecule has 1 aromatic rings. The molecule has 0 atom stereocenters. The number of nitrogens with zero attached hydrogens (tertiary/aromatic N) is 3. The molecule has 0 spiro atoms. The zero-order valence-electron chi connectivity index (χ0n) is 18.2. The summed E-state index contributed by atoms with van der Waals surface area (Å²) < 4.78 is 0. The monoisotopic (exact) mass is 385 g/mol. The SMILES string of the molecule is CC(C)C[c-]1cccc1.CC[N-]CC.CC[N-]CC.CC[N-]CC.[Ti+4]. The van der Waals surface area contributed by atoms with E-state index < -0.39 is 0 Å². The minimum absolute atomic E-state index is 0. The Morgan fingerprint density at radius 1 is 0.640 bits per heavy atom. The molecule has 1 aromatic carbocycles. The molecule has 0 aromatic heterocycles. The molecule has 0 saturated carbocycles. The first kappa shape index (κ1) is 32.6. The number of rotatable bonds is 8. The van der Waals surface area contributed by atoms with Gasteiger partial charge in [-0.15, -0.1) is 0 Å². The quantitative estimate of drug-likeness (QED) is 0.349. The zero-order chi connectivity index (χ0) is 19.1. The second-order valence-electron chi connectivity index (χ2n) is 5.46. The maximum absolute atomic E-state index is 3.97. The Balaban J connectivity index is -0.000000122. The van der Waals surface area contributed by atoms with Crippen LogP contribution in [0.25, 0.3) is 16.0 Å². The van der Waals surface area contributed by atoms with Crippen LogP contribution in [0.15, 0.2) is 24.3 Å². The van der Waals surface area contributed by atoms with Gasteiger partial charge < -0.3 is 16.0 Å². The smallest absolute Gasteiger partial charge is 0.663 e. The van der Waals surface area contributed by atoms with E-state index in [2.05, 4.69) is 54.1 Å². The van der Waals surface area contributed by atoms with E-state index in [1.165, 1.54) is 12.0 Å². The van der Waals surface area contributed by atoms with Crippen LogP contribution in [0.3, 0.4) is 0 Å². The molecule has 0 bridgehead atoms. The van der Waals surface area contributed by atoms with Gasteiger partial charge in [0.25, 0.3) is 0 Å². The molecule has 4 heteroatoms. The Morgan fingerprint density at radius 3 is 1.08 bits per heavy atom. The summed E-state index contributed by atoms with van der Waals surface area (Å²) in [5.41, 5.74) is 1.46. The summed E-state index contributed by atoms with van der Waals surface area (Å²) in [5.74, 6) is 0.785. The van der Waals surface area contributed by atoms with Gasteiger partial charge in [0, 0.05) is 0 Å². The van der Waals surface area contributed by atoms with Crippen molar-refractivity contribution >= 4 is 0 Å². The topological polar surface area (TPSA) is 42.3 Å². The van der Waals surface area contributed by atoms with Crippen molar-refractivity contribution in [3.05, 3.63) is 45.8 Å². The van der Waals surface area contributed by atoms with Crippen molar-refractivity contribution in [2.45, 2.75) is 61.8 Å². The van der Waals surface area contributed by atoms with E-state index >= 15 is 0 Å². The summed E-state index contributed by atoms with van der Waals surface area (Å²) in [6.07, 6.45) is 1.22. The average molecular weight is 385 g/mol. The van der Waals surface area contributed by atoms with E-state index in [0.717, 1.165) is 45.2 Å². The molecule has 0 saturated heterocycles. The fourth-order valence-electron chi connectivity index (χ4n) is 1.69. The van der Waals surface area contributed by atoms with Gasteiger partial charge in [0.1, 0.15) is 0 Å². The molecule has 0 N–H and O–H groups in total. The Morgan fingerprint density at radius 2 is 0.920 bits per heavy atom. The third kappa shape index (κ3) is 40.2. The Labute approximate surface area is 174 Å². The third-order valence-corrected chi connectivity index (χ3v) is 2.72. The van der Waals surface area contributed by atoms with E-state index in [4.69, 9.17) is 0 Å². The second kappa shape index (κ2) is 31.7. The van der Waals surface area contributed by atoms with Crippen molar-refractivity contribution in [3.63, 3.8) is 0 Å². The maximum Gasteiger partial charge on any atom is 4.00 e. The van der Waals surface area contributed by atoms with Gasteiger partial charge >= 0.3 is 21.7 Å². The Kier molecular flexibility index (Phi) is 41.3. The predicted octanol–water partition coefficient (Wildman–Crippen LogP) is 6.80. The van der Waals surface area contributed by atoms with Gasteiger partial charge in [-0.2, -0.15) is 57.0 Å². The van der Waals surface area contributed by atoms with Crippen LogP contribution in [-0.4, -0.2) is 39.3 Å². The van der Waals surface area contributed by atoms with Gasteiger partial charge in [0.2, 0.25) is 0 Å². The van der Waals surface area contributed by atoms with Gasteiger partial charge in [-0.3, -0.25) is 0 Å². The van der Waals surface area contributed by atoms with Crippen LogP contribution in [0.5, 0.6) is 0 Å². The number of hydrogen-bond acceptors (Lipinski definition) is 0. The summed E-state index contributed by atoms with van der Waals surface area (Å²) >= 11 is 0. The van der Waals surface area contributed by atoms with Crippen molar-refractivity contribution in [2.75, 3.05) is 39.3 Å². The molecule has 1 rings (SSSR count). The molecular weight excluding hydrogens is 342 g/mol. The van der Waals surface area contributed by atoms with Crippen LogP contribution >= 0.6 is 0 Å². The summed E-state index contributed by atoms with van der Waals surface area (Å²) in [5, 5.41) is 11.9. The molecule has 0 aliphatic heterocycles. The standard InChI is InChI=1S/C9H13.3C4H10N.Ti/c1-8(2)7-9-5-3-4-6-9;3*1-3-5-4-2;/h3-6,8H,7H2,1-2H3;3*3-4H2,1-2H3;/q4*-1;+4. The van der Waals surface area contributed by atoms with Crippen LogP contribution in [0.4, 0.5) is 0 Å². The number of hydrogen-bond donors (Lipinski definition) is 0. The molecule has 25 heavy (non-hydrogen) atoms. The minimum atomic E-state index is 0. The molecule has 0 aliphatic rings. The third-order valence-electron chi connectivity index (χ3n) is 2.72. The molecule has 0 radical (unpaired) electrons. The van der Waals surface area contributed by atoms with Crippen LogP contribution < -0.4 is 0 Å². The van der Waals surface area contributed by atoms with Gasteiger partial charge in [0.15, 0.2) is 0 Å². The molecule has 0 unspecified atom stereocenters. The summed E-state index contributed by atoms with van der Waals surface area (Å²) in [7, 11) is 0. The maximum atomic E-state index is 3.97.